The average Bonchev–Trinajstić information content (AvgIpc) is 3.68. The maximum atomic E-state index is 15.3. The SMILES string of the molecule is COc1cc(F)c(-c2ccc(C[C@@H](C(=O)O)N(C)C)cc2)cc1C(=O)NC[C@@H]1[C@H]2CC[C@H](C2)[C@@H]1C(=O)Nc1cccc(S(=O)(=O)C(F)(F)F)c1. The molecule has 0 spiro atoms. The monoisotopic (exact) mass is 719 g/mol. The summed E-state index contributed by atoms with van der Waals surface area (Å²) in [6.45, 7) is 0.0851. The molecule has 2 aliphatic rings. The van der Waals surface area contributed by atoms with Gasteiger partial charge in [0.2, 0.25) is 5.91 Å². The number of halogens is 4. The van der Waals surface area contributed by atoms with Crippen molar-refractivity contribution in [1.29, 1.82) is 0 Å². The van der Waals surface area contributed by atoms with Gasteiger partial charge in [-0.2, -0.15) is 13.2 Å². The molecule has 0 aliphatic heterocycles. The second kappa shape index (κ2) is 14.4. The molecular formula is C35H37F4N3O7S. The van der Waals surface area contributed by atoms with Crippen molar-refractivity contribution in [3.8, 4) is 16.9 Å². The molecule has 50 heavy (non-hydrogen) atoms. The fourth-order valence-electron chi connectivity index (χ4n) is 7.18. The molecule has 3 aromatic rings. The van der Waals surface area contributed by atoms with Crippen molar-refractivity contribution in [3.05, 3.63) is 77.6 Å². The second-order valence-electron chi connectivity index (χ2n) is 13.0. The number of amides is 2. The van der Waals surface area contributed by atoms with E-state index in [1.165, 1.54) is 19.2 Å². The number of hydrogen-bond donors (Lipinski definition) is 3. The quantitative estimate of drug-likeness (QED) is 0.212. The number of sulfone groups is 1. The number of carboxylic acids is 1. The standard InChI is InChI=1S/C35H37F4N3O7S/c1-42(2)29(34(45)46)13-19-7-9-20(10-8-19)25-16-26(30(49-3)17-28(25)36)32(43)40-18-27-21-11-12-22(14-21)31(27)33(44)41-23-5-4-6-24(15-23)50(47,48)35(37,38)39/h4-10,15-17,21-22,27,29,31H,11-14,18H2,1-3H3,(H,40,43)(H,41,44)(H,45,46)/t21-,22+,27+,29-,31-/m0/s1. The number of fused-ring (bicyclic) bond motifs is 2. The third kappa shape index (κ3) is 7.48. The average molecular weight is 720 g/mol. The highest BCUT2D eigenvalue weighted by molar-refractivity contribution is 7.92. The first-order valence-electron chi connectivity index (χ1n) is 15.9. The summed E-state index contributed by atoms with van der Waals surface area (Å²) in [6, 6.07) is 12.4. The fraction of sp³-hybridized carbons (Fsp3) is 0.400. The summed E-state index contributed by atoms with van der Waals surface area (Å²) >= 11 is 0. The van der Waals surface area contributed by atoms with Gasteiger partial charge in [-0.15, -0.1) is 0 Å². The first-order valence-corrected chi connectivity index (χ1v) is 17.4. The number of nitrogens with zero attached hydrogens (tertiary/aromatic N) is 1. The van der Waals surface area contributed by atoms with Crippen molar-refractivity contribution in [2.75, 3.05) is 33.1 Å². The van der Waals surface area contributed by atoms with Crippen LogP contribution in [0.15, 0.2) is 65.6 Å². The van der Waals surface area contributed by atoms with Gasteiger partial charge >= 0.3 is 11.5 Å². The zero-order valence-electron chi connectivity index (χ0n) is 27.5. The van der Waals surface area contributed by atoms with Crippen LogP contribution in [0.1, 0.15) is 35.2 Å². The predicted molar refractivity (Wildman–Crippen MR) is 176 cm³/mol. The Kier molecular flexibility index (Phi) is 10.6. The van der Waals surface area contributed by atoms with Crippen LogP contribution >= 0.6 is 0 Å². The number of carboxylic acid groups (broad SMARTS) is 1. The molecule has 0 unspecified atom stereocenters. The lowest BCUT2D eigenvalue weighted by Gasteiger charge is -2.30. The summed E-state index contributed by atoms with van der Waals surface area (Å²) in [5.41, 5.74) is -4.24. The molecule has 0 aromatic heterocycles. The van der Waals surface area contributed by atoms with Crippen LogP contribution in [0.4, 0.5) is 23.2 Å². The van der Waals surface area contributed by atoms with Crippen molar-refractivity contribution in [3.63, 3.8) is 0 Å². The van der Waals surface area contributed by atoms with Crippen molar-refractivity contribution in [1.82, 2.24) is 10.2 Å². The van der Waals surface area contributed by atoms with Gasteiger partial charge < -0.3 is 20.5 Å². The summed E-state index contributed by atoms with van der Waals surface area (Å²) in [5.74, 6) is -3.49. The van der Waals surface area contributed by atoms with Gasteiger partial charge in [0, 0.05) is 29.8 Å². The lowest BCUT2D eigenvalue weighted by Crippen LogP contribution is -2.40. The van der Waals surface area contributed by atoms with Crippen LogP contribution < -0.4 is 15.4 Å². The topological polar surface area (TPSA) is 142 Å². The molecule has 15 heteroatoms. The molecule has 10 nitrogen and oxygen atoms in total. The van der Waals surface area contributed by atoms with E-state index in [1.807, 2.05) is 0 Å². The molecule has 2 bridgehead atoms. The summed E-state index contributed by atoms with van der Waals surface area (Å²) in [6.07, 6.45) is 2.55. The number of carbonyl (C=O) groups is 3. The summed E-state index contributed by atoms with van der Waals surface area (Å²) in [4.78, 5) is 39.2. The molecule has 2 aliphatic carbocycles. The lowest BCUT2D eigenvalue weighted by atomic mass is 9.78. The zero-order chi connectivity index (χ0) is 36.5. The molecule has 0 saturated heterocycles. The van der Waals surface area contributed by atoms with E-state index in [1.54, 1.807) is 43.3 Å². The molecule has 2 saturated carbocycles. The number of ether oxygens (including phenoxy) is 1. The molecule has 5 atom stereocenters. The van der Waals surface area contributed by atoms with Crippen molar-refractivity contribution in [2.24, 2.45) is 23.7 Å². The number of methoxy groups -OCH3 is 1. The van der Waals surface area contributed by atoms with Gasteiger partial charge in [-0.1, -0.05) is 30.3 Å². The van der Waals surface area contributed by atoms with Crippen LogP contribution in [-0.2, 0) is 25.8 Å². The van der Waals surface area contributed by atoms with Crippen molar-refractivity contribution >= 4 is 33.3 Å². The molecule has 268 valence electrons. The summed E-state index contributed by atoms with van der Waals surface area (Å²) < 4.78 is 83.7. The van der Waals surface area contributed by atoms with Gasteiger partial charge in [-0.25, -0.2) is 12.8 Å². The Labute approximate surface area is 286 Å². The summed E-state index contributed by atoms with van der Waals surface area (Å²) in [5, 5.41) is 14.9. The highest BCUT2D eigenvalue weighted by Crippen LogP contribution is 2.52. The Morgan fingerprint density at radius 3 is 2.32 bits per heavy atom. The molecular weight excluding hydrogens is 682 g/mol. The van der Waals surface area contributed by atoms with Crippen LogP contribution in [0.2, 0.25) is 0 Å². The van der Waals surface area contributed by atoms with Gasteiger partial charge in [-0.05, 0) is 92.9 Å². The van der Waals surface area contributed by atoms with E-state index in [4.69, 9.17) is 4.74 Å². The Morgan fingerprint density at radius 2 is 1.70 bits per heavy atom. The van der Waals surface area contributed by atoms with Crippen molar-refractivity contribution in [2.45, 2.75) is 42.1 Å². The van der Waals surface area contributed by atoms with E-state index >= 15 is 4.39 Å². The zero-order valence-corrected chi connectivity index (χ0v) is 28.3. The van der Waals surface area contributed by atoms with Crippen LogP contribution in [0, 0.1) is 29.5 Å². The van der Waals surface area contributed by atoms with E-state index in [0.29, 0.717) is 5.56 Å². The molecule has 3 aromatic carbocycles. The number of hydrogen-bond acceptors (Lipinski definition) is 7. The Hall–Kier alpha value is -4.50. The van der Waals surface area contributed by atoms with E-state index in [9.17, 15) is 41.1 Å². The van der Waals surface area contributed by atoms with Crippen LogP contribution in [0.25, 0.3) is 11.1 Å². The number of carbonyl (C=O) groups excluding carboxylic acids is 2. The van der Waals surface area contributed by atoms with Gasteiger partial charge in [0.25, 0.3) is 15.7 Å². The number of likely N-dealkylation sites (N-methyl/N-ethyl adjacent to an activating group) is 1. The molecule has 3 N–H and O–H groups in total. The highest BCUT2D eigenvalue weighted by atomic mass is 32.2. The minimum absolute atomic E-state index is 0.00780. The van der Waals surface area contributed by atoms with Gasteiger partial charge in [0.15, 0.2) is 0 Å². The second-order valence-corrected chi connectivity index (χ2v) is 14.9. The normalized spacial score (nSPS) is 20.8. The van der Waals surface area contributed by atoms with Gasteiger partial charge in [0.05, 0.1) is 17.6 Å². The minimum atomic E-state index is -5.61. The van der Waals surface area contributed by atoms with Gasteiger partial charge in [-0.3, -0.25) is 19.3 Å². The van der Waals surface area contributed by atoms with Crippen LogP contribution in [0.3, 0.4) is 0 Å². The maximum Gasteiger partial charge on any atom is 0.501 e. The largest absolute Gasteiger partial charge is 0.501 e. The van der Waals surface area contributed by atoms with E-state index in [-0.39, 0.29) is 53.3 Å². The predicted octanol–water partition coefficient (Wildman–Crippen LogP) is 5.38. The molecule has 2 amide bonds. The number of alkyl halides is 3. The number of aliphatic carboxylic acids is 1. The van der Waals surface area contributed by atoms with Gasteiger partial charge in [0.1, 0.15) is 17.6 Å². The minimum Gasteiger partial charge on any atom is -0.496 e. The first kappa shape index (κ1) is 36.8. The smallest absolute Gasteiger partial charge is 0.496 e. The maximum absolute atomic E-state index is 15.3. The Bertz CT molecular complexity index is 1880. The summed E-state index contributed by atoms with van der Waals surface area (Å²) in [7, 11) is -0.980. The molecule has 0 heterocycles. The lowest BCUT2D eigenvalue weighted by molar-refractivity contribution is -0.142. The van der Waals surface area contributed by atoms with Crippen molar-refractivity contribution < 1.29 is 50.2 Å². The molecule has 0 radical (unpaired) electrons. The number of anilines is 1. The Morgan fingerprint density at radius 1 is 1.02 bits per heavy atom. The highest BCUT2D eigenvalue weighted by Gasteiger charge is 2.51. The Balaban J connectivity index is 1.31. The van der Waals surface area contributed by atoms with Crippen LogP contribution in [0.5, 0.6) is 5.75 Å². The molecule has 2 fully saturated rings. The van der Waals surface area contributed by atoms with E-state index in [0.717, 1.165) is 49.1 Å². The first-order chi connectivity index (χ1) is 23.5. The fourth-order valence-corrected chi connectivity index (χ4v) is 7.98. The third-order valence-electron chi connectivity index (χ3n) is 9.74. The van der Waals surface area contributed by atoms with E-state index in [2.05, 4.69) is 10.6 Å². The third-order valence-corrected chi connectivity index (χ3v) is 11.2. The number of rotatable bonds is 12. The number of nitrogens with one attached hydrogen (secondary N) is 2. The van der Waals surface area contributed by atoms with E-state index < -0.39 is 55.8 Å². The number of benzene rings is 3. The molecule has 5 rings (SSSR count). The van der Waals surface area contributed by atoms with Crippen LogP contribution in [-0.4, -0.2) is 75.5 Å².